The van der Waals surface area contributed by atoms with Crippen LogP contribution in [-0.2, 0) is 27.9 Å². The first-order valence-corrected chi connectivity index (χ1v) is 10.0. The van der Waals surface area contributed by atoms with Gasteiger partial charge in [-0.25, -0.2) is 18.5 Å². The fraction of sp³-hybridized carbons (Fsp3) is 0.278. The van der Waals surface area contributed by atoms with Crippen molar-refractivity contribution in [1.29, 1.82) is 0 Å². The molecule has 11 heteroatoms. The molecule has 4 N–H and O–H groups in total. The first-order valence-electron chi connectivity index (χ1n) is 8.49. The first kappa shape index (κ1) is 24.8. The van der Waals surface area contributed by atoms with Crippen molar-refractivity contribution in [2.45, 2.75) is 18.0 Å². The van der Waals surface area contributed by atoms with E-state index in [4.69, 9.17) is 5.14 Å². The van der Waals surface area contributed by atoms with Gasteiger partial charge in [0.25, 0.3) is 0 Å². The van der Waals surface area contributed by atoms with Gasteiger partial charge in [0.15, 0.2) is 5.96 Å². The van der Waals surface area contributed by atoms with Crippen LogP contribution in [0.25, 0.3) is 0 Å². The molecule has 0 spiro atoms. The fourth-order valence-corrected chi connectivity index (χ4v) is 2.64. The molecule has 0 atom stereocenters. The molecule has 9 nitrogen and oxygen atoms in total. The molecule has 158 valence electrons. The number of hydrogen-bond donors (Lipinski definition) is 3. The summed E-state index contributed by atoms with van der Waals surface area (Å²) in [5.74, 6) is 0.348. The summed E-state index contributed by atoms with van der Waals surface area (Å²) >= 11 is 0. The van der Waals surface area contributed by atoms with Gasteiger partial charge >= 0.3 is 0 Å². The third-order valence-electron chi connectivity index (χ3n) is 3.74. The number of benzene rings is 1. The molecule has 0 unspecified atom stereocenters. The third-order valence-corrected chi connectivity index (χ3v) is 4.67. The largest absolute Gasteiger partial charge is 0.351 e. The normalized spacial score (nSPS) is 11.3. The molecule has 1 aromatic carbocycles. The van der Waals surface area contributed by atoms with Gasteiger partial charge in [-0.3, -0.25) is 9.78 Å². The van der Waals surface area contributed by atoms with Gasteiger partial charge in [0.2, 0.25) is 15.9 Å². The quantitative estimate of drug-likeness (QED) is 0.273. The zero-order valence-electron chi connectivity index (χ0n) is 16.2. The van der Waals surface area contributed by atoms with E-state index in [9.17, 15) is 13.2 Å². The number of halogens is 1. The van der Waals surface area contributed by atoms with E-state index in [1.165, 1.54) is 17.0 Å². The Bertz CT molecular complexity index is 918. The molecule has 2 rings (SSSR count). The molecular formula is C18H25IN6O3S. The molecule has 2 aromatic rings. The summed E-state index contributed by atoms with van der Waals surface area (Å²) in [6.45, 7) is 0.817. The van der Waals surface area contributed by atoms with Crippen LogP contribution in [-0.4, -0.2) is 50.8 Å². The molecule has 0 aliphatic carbocycles. The zero-order valence-corrected chi connectivity index (χ0v) is 19.3. The smallest absolute Gasteiger partial charge is 0.241 e. The van der Waals surface area contributed by atoms with Crippen molar-refractivity contribution < 1.29 is 13.2 Å². The predicted octanol–water partition coefficient (Wildman–Crippen LogP) is 0.671. The highest BCUT2D eigenvalue weighted by molar-refractivity contribution is 14.0. The second kappa shape index (κ2) is 11.7. The van der Waals surface area contributed by atoms with Crippen molar-refractivity contribution in [2.75, 3.05) is 20.6 Å². The summed E-state index contributed by atoms with van der Waals surface area (Å²) in [5, 5.41) is 11.2. The second-order valence-corrected chi connectivity index (χ2v) is 7.73. The number of carbonyl (C=O) groups is 1. The summed E-state index contributed by atoms with van der Waals surface area (Å²) in [7, 11) is -0.374. The van der Waals surface area contributed by atoms with Crippen LogP contribution in [0.2, 0.25) is 0 Å². The Labute approximate surface area is 187 Å². The Hall–Kier alpha value is -2.25. The van der Waals surface area contributed by atoms with Crippen molar-refractivity contribution in [3.63, 3.8) is 0 Å². The van der Waals surface area contributed by atoms with Crippen LogP contribution in [0.4, 0.5) is 0 Å². The molecule has 0 saturated heterocycles. The standard InChI is InChI=1S/C18H24N6O3S.HI/c1-24(2)17(25)13-23-18(22-12-15-5-3-4-10-20-15)21-11-14-6-8-16(9-7-14)28(19,26)27;/h3-10H,11-13H2,1-2H3,(H2,19,26,27)(H2,21,22,23);1H. The van der Waals surface area contributed by atoms with Crippen molar-refractivity contribution >= 4 is 45.9 Å². The lowest BCUT2D eigenvalue weighted by molar-refractivity contribution is -0.127. The molecule has 1 heterocycles. The predicted molar refractivity (Wildman–Crippen MR) is 122 cm³/mol. The number of nitrogens with one attached hydrogen (secondary N) is 2. The van der Waals surface area contributed by atoms with Gasteiger partial charge in [-0.2, -0.15) is 0 Å². The molecule has 29 heavy (non-hydrogen) atoms. The molecule has 0 radical (unpaired) electrons. The van der Waals surface area contributed by atoms with E-state index in [0.717, 1.165) is 11.3 Å². The molecule has 1 amide bonds. The van der Waals surface area contributed by atoms with Crippen LogP contribution in [0.15, 0.2) is 58.5 Å². The third kappa shape index (κ3) is 8.75. The first-order chi connectivity index (χ1) is 13.3. The van der Waals surface area contributed by atoms with Gasteiger partial charge in [0.1, 0.15) is 0 Å². The van der Waals surface area contributed by atoms with Crippen LogP contribution < -0.4 is 15.8 Å². The maximum absolute atomic E-state index is 11.8. The Morgan fingerprint density at radius 2 is 1.83 bits per heavy atom. The lowest BCUT2D eigenvalue weighted by Crippen LogP contribution is -2.42. The number of amides is 1. The SMILES string of the molecule is CN(C)C(=O)CNC(=NCc1ccc(S(N)(=O)=O)cc1)NCc1ccccn1.I. The Morgan fingerprint density at radius 3 is 2.38 bits per heavy atom. The number of carbonyl (C=O) groups excluding carboxylic acids is 1. The van der Waals surface area contributed by atoms with Crippen LogP contribution in [0.5, 0.6) is 0 Å². The maximum Gasteiger partial charge on any atom is 0.241 e. The molecule has 0 aliphatic rings. The summed E-state index contributed by atoms with van der Waals surface area (Å²) in [5.41, 5.74) is 1.62. The van der Waals surface area contributed by atoms with Crippen LogP contribution >= 0.6 is 24.0 Å². The summed E-state index contributed by atoms with van der Waals surface area (Å²) in [6, 6.07) is 11.7. The summed E-state index contributed by atoms with van der Waals surface area (Å²) < 4.78 is 22.6. The zero-order chi connectivity index (χ0) is 20.6. The number of nitrogens with zero attached hydrogens (tertiary/aromatic N) is 3. The number of sulfonamides is 1. The number of guanidine groups is 1. The van der Waals surface area contributed by atoms with Gasteiger partial charge in [0, 0.05) is 20.3 Å². The van der Waals surface area contributed by atoms with E-state index in [1.807, 2.05) is 18.2 Å². The number of aliphatic imine (C=N–C) groups is 1. The molecule has 1 aromatic heterocycles. The molecule has 0 bridgehead atoms. The van der Waals surface area contributed by atoms with Crippen molar-refractivity contribution in [3.8, 4) is 0 Å². The Kier molecular flexibility index (Phi) is 9.98. The van der Waals surface area contributed by atoms with Crippen LogP contribution in [0.3, 0.4) is 0 Å². The molecular weight excluding hydrogens is 507 g/mol. The van der Waals surface area contributed by atoms with Gasteiger partial charge in [-0.05, 0) is 29.8 Å². The van der Waals surface area contributed by atoms with E-state index >= 15 is 0 Å². The lowest BCUT2D eigenvalue weighted by atomic mass is 10.2. The van der Waals surface area contributed by atoms with E-state index in [2.05, 4.69) is 20.6 Å². The van der Waals surface area contributed by atoms with Gasteiger partial charge in [-0.15, -0.1) is 24.0 Å². The highest BCUT2D eigenvalue weighted by Crippen LogP contribution is 2.09. The average molecular weight is 532 g/mol. The molecule has 0 aliphatic heterocycles. The minimum absolute atomic E-state index is 0. The number of pyridine rings is 1. The minimum Gasteiger partial charge on any atom is -0.351 e. The maximum atomic E-state index is 11.8. The van der Waals surface area contributed by atoms with Crippen molar-refractivity contribution in [3.05, 3.63) is 59.9 Å². The van der Waals surface area contributed by atoms with Crippen LogP contribution in [0, 0.1) is 0 Å². The van der Waals surface area contributed by atoms with Crippen molar-refractivity contribution in [2.24, 2.45) is 10.1 Å². The van der Waals surface area contributed by atoms with E-state index in [-0.39, 0.29) is 41.3 Å². The highest BCUT2D eigenvalue weighted by Gasteiger charge is 2.08. The molecule has 0 fully saturated rings. The summed E-state index contributed by atoms with van der Waals surface area (Å²) in [4.78, 5) is 22.0. The number of aromatic nitrogens is 1. The molecule has 0 saturated carbocycles. The minimum atomic E-state index is -3.73. The second-order valence-electron chi connectivity index (χ2n) is 6.17. The Balaban J connectivity index is 0.00000420. The van der Waals surface area contributed by atoms with Gasteiger partial charge < -0.3 is 15.5 Å². The number of rotatable bonds is 7. The monoisotopic (exact) mass is 532 g/mol. The highest BCUT2D eigenvalue weighted by atomic mass is 127. The van der Waals surface area contributed by atoms with Crippen molar-refractivity contribution in [1.82, 2.24) is 20.5 Å². The van der Waals surface area contributed by atoms with E-state index < -0.39 is 10.0 Å². The summed E-state index contributed by atoms with van der Waals surface area (Å²) in [6.07, 6.45) is 1.70. The number of nitrogens with two attached hydrogens (primary N) is 1. The topological polar surface area (TPSA) is 130 Å². The van der Waals surface area contributed by atoms with Gasteiger partial charge in [-0.1, -0.05) is 18.2 Å². The van der Waals surface area contributed by atoms with Crippen LogP contribution in [0.1, 0.15) is 11.3 Å². The Morgan fingerprint density at radius 1 is 1.14 bits per heavy atom. The number of hydrogen-bond acceptors (Lipinski definition) is 5. The average Bonchev–Trinajstić information content (AvgIpc) is 2.67. The lowest BCUT2D eigenvalue weighted by Gasteiger charge is -2.15. The fourth-order valence-electron chi connectivity index (χ4n) is 2.12. The number of likely N-dealkylation sites (N-methyl/N-ethyl adjacent to an activating group) is 1. The van der Waals surface area contributed by atoms with E-state index in [0.29, 0.717) is 19.0 Å². The number of primary sulfonamides is 1. The van der Waals surface area contributed by atoms with E-state index in [1.54, 1.807) is 32.4 Å². The van der Waals surface area contributed by atoms with Gasteiger partial charge in [0.05, 0.1) is 30.2 Å².